The van der Waals surface area contributed by atoms with Crippen LogP contribution in [0.4, 0.5) is 10.1 Å². The summed E-state index contributed by atoms with van der Waals surface area (Å²) >= 11 is 0. The van der Waals surface area contributed by atoms with E-state index in [-0.39, 0.29) is 22.4 Å². The summed E-state index contributed by atoms with van der Waals surface area (Å²) < 4.78 is 45.1. The molecule has 0 unspecified atom stereocenters. The number of hydrogen-bond acceptors (Lipinski definition) is 4. The van der Waals surface area contributed by atoms with Gasteiger partial charge in [-0.25, -0.2) is 8.42 Å². The minimum atomic E-state index is -3.66. The first-order chi connectivity index (χ1) is 15.2. The molecule has 0 saturated carbocycles. The summed E-state index contributed by atoms with van der Waals surface area (Å²) in [5.74, 6) is -0.912. The maximum absolute atomic E-state index is 15.0. The lowest BCUT2D eigenvalue weighted by molar-refractivity contribution is 0.549. The number of sulfonamides is 1. The number of rotatable bonds is 6. The van der Waals surface area contributed by atoms with Gasteiger partial charge in [0, 0.05) is 18.8 Å². The molecule has 32 heavy (non-hydrogen) atoms. The van der Waals surface area contributed by atoms with Gasteiger partial charge in [-0.3, -0.25) is 14.2 Å². The van der Waals surface area contributed by atoms with E-state index in [2.05, 4.69) is 9.82 Å². The minimum Gasteiger partial charge on any atom is -0.318 e. The highest BCUT2D eigenvalue weighted by molar-refractivity contribution is 7.92. The maximum atomic E-state index is 15.0. The SMILES string of the molecule is CCS(=O)(=O)Nc1cc(-c2cc(C)c(=O)n(C)c2)cc2c1c(F)nn2Cc1ccccc1. The number of aromatic nitrogens is 3. The third kappa shape index (κ3) is 4.16. The number of fused-ring (bicyclic) bond motifs is 1. The summed E-state index contributed by atoms with van der Waals surface area (Å²) in [6.07, 6.45) is 1.67. The molecule has 4 aromatic rings. The Bertz CT molecular complexity index is 1450. The lowest BCUT2D eigenvalue weighted by Gasteiger charge is -2.13. The highest BCUT2D eigenvalue weighted by Gasteiger charge is 2.20. The van der Waals surface area contributed by atoms with Crippen LogP contribution in [0.25, 0.3) is 22.0 Å². The molecule has 4 rings (SSSR count). The van der Waals surface area contributed by atoms with Crippen molar-refractivity contribution in [1.29, 1.82) is 0 Å². The molecular weight excluding hydrogens is 431 g/mol. The molecular formula is C23H23FN4O3S. The molecule has 7 nitrogen and oxygen atoms in total. The van der Waals surface area contributed by atoms with Crippen LogP contribution in [0, 0.1) is 12.9 Å². The molecule has 0 radical (unpaired) electrons. The summed E-state index contributed by atoms with van der Waals surface area (Å²) in [6.45, 7) is 3.54. The van der Waals surface area contributed by atoms with Gasteiger partial charge in [0.05, 0.1) is 28.9 Å². The van der Waals surface area contributed by atoms with Crippen LogP contribution in [0.1, 0.15) is 18.1 Å². The Morgan fingerprint density at radius 1 is 1.09 bits per heavy atom. The molecule has 0 spiro atoms. The van der Waals surface area contributed by atoms with Crippen molar-refractivity contribution in [3.05, 3.63) is 82.2 Å². The molecule has 9 heteroatoms. The third-order valence-corrected chi connectivity index (χ3v) is 6.62. The predicted octanol–water partition coefficient (Wildman–Crippen LogP) is 3.66. The average Bonchev–Trinajstić information content (AvgIpc) is 3.07. The number of hydrogen-bond donors (Lipinski definition) is 1. The average molecular weight is 455 g/mol. The van der Waals surface area contributed by atoms with Crippen molar-refractivity contribution in [2.24, 2.45) is 7.05 Å². The van der Waals surface area contributed by atoms with Gasteiger partial charge >= 0.3 is 0 Å². The second-order valence-corrected chi connectivity index (χ2v) is 9.70. The van der Waals surface area contributed by atoms with E-state index in [0.717, 1.165) is 5.56 Å². The fourth-order valence-electron chi connectivity index (χ4n) is 3.66. The van der Waals surface area contributed by atoms with E-state index >= 15 is 0 Å². The largest absolute Gasteiger partial charge is 0.318 e. The number of nitrogens with zero attached hydrogens (tertiary/aromatic N) is 3. The summed E-state index contributed by atoms with van der Waals surface area (Å²) in [7, 11) is -2.01. The van der Waals surface area contributed by atoms with Gasteiger partial charge in [-0.1, -0.05) is 30.3 Å². The molecule has 1 N–H and O–H groups in total. The van der Waals surface area contributed by atoms with E-state index in [1.54, 1.807) is 38.4 Å². The highest BCUT2D eigenvalue weighted by atomic mass is 32.2. The Labute approximate surface area is 185 Å². The molecule has 2 aromatic carbocycles. The zero-order valence-corrected chi connectivity index (χ0v) is 18.8. The summed E-state index contributed by atoms with van der Waals surface area (Å²) in [6, 6.07) is 14.6. The number of benzene rings is 2. The third-order valence-electron chi connectivity index (χ3n) is 5.33. The Hall–Kier alpha value is -3.46. The normalized spacial score (nSPS) is 11.8. The van der Waals surface area contributed by atoms with Gasteiger partial charge in [0.1, 0.15) is 0 Å². The number of nitrogens with one attached hydrogen (secondary N) is 1. The van der Waals surface area contributed by atoms with Crippen LogP contribution in [0.3, 0.4) is 0 Å². The number of anilines is 1. The number of halogens is 1. The number of aryl methyl sites for hydroxylation is 2. The summed E-state index contributed by atoms with van der Waals surface area (Å²) in [4.78, 5) is 12.1. The molecule has 0 aliphatic carbocycles. The highest BCUT2D eigenvalue weighted by Crippen LogP contribution is 2.33. The molecule has 0 amide bonds. The van der Waals surface area contributed by atoms with Crippen molar-refractivity contribution < 1.29 is 12.8 Å². The summed E-state index contributed by atoms with van der Waals surface area (Å²) in [5, 5.41) is 4.15. The van der Waals surface area contributed by atoms with E-state index in [9.17, 15) is 17.6 Å². The van der Waals surface area contributed by atoms with Crippen molar-refractivity contribution >= 4 is 26.6 Å². The first-order valence-corrected chi connectivity index (χ1v) is 11.8. The first-order valence-electron chi connectivity index (χ1n) is 10.1. The van der Waals surface area contributed by atoms with Crippen molar-refractivity contribution in [3.8, 4) is 11.1 Å². The zero-order valence-electron chi connectivity index (χ0n) is 18.0. The van der Waals surface area contributed by atoms with Crippen molar-refractivity contribution in [2.45, 2.75) is 20.4 Å². The Kier molecular flexibility index (Phi) is 5.60. The van der Waals surface area contributed by atoms with Gasteiger partial charge in [0.25, 0.3) is 5.56 Å². The molecule has 0 saturated heterocycles. The fourth-order valence-corrected chi connectivity index (χ4v) is 4.30. The summed E-state index contributed by atoms with van der Waals surface area (Å²) in [5.41, 5.74) is 3.25. The van der Waals surface area contributed by atoms with Crippen LogP contribution in [0.15, 0.2) is 59.5 Å². The maximum Gasteiger partial charge on any atom is 0.253 e. The molecule has 0 bridgehead atoms. The molecule has 0 aliphatic heterocycles. The second-order valence-electron chi connectivity index (χ2n) is 7.69. The lowest BCUT2D eigenvalue weighted by atomic mass is 10.0. The molecule has 0 atom stereocenters. The Balaban J connectivity index is 1.97. The fraction of sp³-hybridized carbons (Fsp3) is 0.217. The molecule has 2 heterocycles. The molecule has 0 aliphatic rings. The van der Waals surface area contributed by atoms with E-state index in [4.69, 9.17) is 0 Å². The van der Waals surface area contributed by atoms with Crippen molar-refractivity contribution in [3.63, 3.8) is 0 Å². The standard InChI is InChI=1S/C23H23FN4O3S/c1-4-32(30,31)26-19-11-17(18-10-15(2)23(29)27(3)14-18)12-20-21(19)22(24)25-28(20)13-16-8-6-5-7-9-16/h5-12,14,26H,4,13H2,1-3H3. The van der Waals surface area contributed by atoms with E-state index in [0.29, 0.717) is 28.8 Å². The monoisotopic (exact) mass is 454 g/mol. The van der Waals surface area contributed by atoms with Gasteiger partial charge in [0.15, 0.2) is 0 Å². The Morgan fingerprint density at radius 3 is 2.47 bits per heavy atom. The van der Waals surface area contributed by atoms with Crippen LogP contribution in [0.2, 0.25) is 0 Å². The van der Waals surface area contributed by atoms with Gasteiger partial charge in [0.2, 0.25) is 16.0 Å². The van der Waals surface area contributed by atoms with Gasteiger partial charge in [-0.2, -0.15) is 4.39 Å². The lowest BCUT2D eigenvalue weighted by Crippen LogP contribution is -2.18. The molecule has 166 valence electrons. The van der Waals surface area contributed by atoms with Gasteiger partial charge < -0.3 is 4.57 Å². The topological polar surface area (TPSA) is 86.0 Å². The minimum absolute atomic E-state index is 0.100. The van der Waals surface area contributed by atoms with Crippen molar-refractivity contribution in [2.75, 3.05) is 10.5 Å². The van der Waals surface area contributed by atoms with Crippen molar-refractivity contribution in [1.82, 2.24) is 14.3 Å². The van der Waals surface area contributed by atoms with Crippen LogP contribution >= 0.6 is 0 Å². The molecule has 2 aromatic heterocycles. The van der Waals surface area contributed by atoms with Crippen LogP contribution in [-0.2, 0) is 23.6 Å². The first kappa shape index (κ1) is 21.8. The van der Waals surface area contributed by atoms with Crippen LogP contribution in [0.5, 0.6) is 0 Å². The zero-order chi connectivity index (χ0) is 23.0. The molecule has 0 fully saturated rings. The van der Waals surface area contributed by atoms with E-state index in [1.165, 1.54) is 16.2 Å². The smallest absolute Gasteiger partial charge is 0.253 e. The Morgan fingerprint density at radius 2 is 1.81 bits per heavy atom. The van der Waals surface area contributed by atoms with E-state index in [1.807, 2.05) is 30.3 Å². The second kappa shape index (κ2) is 8.23. The van der Waals surface area contributed by atoms with E-state index < -0.39 is 16.0 Å². The van der Waals surface area contributed by atoms with Gasteiger partial charge in [-0.15, -0.1) is 5.10 Å². The van der Waals surface area contributed by atoms with Gasteiger partial charge in [-0.05, 0) is 48.7 Å². The van der Waals surface area contributed by atoms with Crippen LogP contribution < -0.4 is 10.3 Å². The van der Waals surface area contributed by atoms with Crippen LogP contribution in [-0.4, -0.2) is 28.5 Å². The quantitative estimate of drug-likeness (QED) is 0.482. The number of pyridine rings is 1. The predicted molar refractivity (Wildman–Crippen MR) is 124 cm³/mol.